The van der Waals surface area contributed by atoms with Gasteiger partial charge in [-0.05, 0) is 81.8 Å². The third kappa shape index (κ3) is 4.61. The van der Waals surface area contributed by atoms with Gasteiger partial charge in [0.15, 0.2) is 0 Å². The monoisotopic (exact) mass is 403 g/mol. The van der Waals surface area contributed by atoms with E-state index in [1.54, 1.807) is 18.3 Å². The molecule has 2 aromatic rings. The first kappa shape index (κ1) is 20.9. The van der Waals surface area contributed by atoms with E-state index in [0.29, 0.717) is 5.92 Å². The topological polar surface area (TPSA) is 68.0 Å². The second-order valence-electron chi connectivity index (χ2n) is 8.79. The first-order valence-corrected chi connectivity index (χ1v) is 10.9. The number of nitrogens with zero attached hydrogens (tertiary/aromatic N) is 1. The Morgan fingerprint density at radius 2 is 1.89 bits per heavy atom. The summed E-state index contributed by atoms with van der Waals surface area (Å²) in [4.78, 5) is 4.33. The van der Waals surface area contributed by atoms with Gasteiger partial charge in [0, 0.05) is 11.9 Å². The lowest BCUT2D eigenvalue weighted by Gasteiger charge is -2.38. The molecule has 1 saturated carbocycles. The minimum Gasteiger partial charge on any atom is -0.396 e. The van der Waals surface area contributed by atoms with E-state index in [0.717, 1.165) is 29.7 Å². The zero-order chi connectivity index (χ0) is 20.5. The van der Waals surface area contributed by atoms with E-state index in [1.807, 2.05) is 39.8 Å². The standard InChI is InChI=1S/C22H30FN3OS/c1-15-13-18(10-12-25-15)22(11-9-16-5-6-16,26-28(27)21(2,3)4)17-7-8-19(23)20(24)14-17/h7-8,10,12-14,16,26H,5-6,9,11,24H2,1-4H3/t22-,28?/m1/s1. The van der Waals surface area contributed by atoms with Crippen LogP contribution in [0.25, 0.3) is 0 Å². The number of benzene rings is 1. The van der Waals surface area contributed by atoms with Crippen molar-refractivity contribution in [1.29, 1.82) is 0 Å². The molecule has 0 radical (unpaired) electrons. The maximum Gasteiger partial charge on any atom is 0.146 e. The van der Waals surface area contributed by atoms with Crippen LogP contribution >= 0.6 is 0 Å². The molecule has 1 unspecified atom stereocenters. The number of rotatable bonds is 7. The summed E-state index contributed by atoms with van der Waals surface area (Å²) >= 11 is 0. The molecule has 2 atom stereocenters. The first-order chi connectivity index (χ1) is 13.1. The van der Waals surface area contributed by atoms with Crippen LogP contribution in [0.4, 0.5) is 10.1 Å². The van der Waals surface area contributed by atoms with E-state index in [1.165, 1.54) is 18.9 Å². The van der Waals surface area contributed by atoms with E-state index >= 15 is 0 Å². The molecular formula is C22H30FN3OS. The fourth-order valence-corrected chi connectivity index (χ4v) is 4.34. The molecule has 0 amide bonds. The summed E-state index contributed by atoms with van der Waals surface area (Å²) in [5.41, 5.74) is 7.98. The van der Waals surface area contributed by atoms with Crippen LogP contribution < -0.4 is 10.5 Å². The molecule has 6 heteroatoms. The number of nitrogens with one attached hydrogen (secondary N) is 1. The Morgan fingerprint density at radius 1 is 1.21 bits per heavy atom. The Labute approximate surface area is 169 Å². The van der Waals surface area contributed by atoms with Gasteiger partial charge >= 0.3 is 0 Å². The van der Waals surface area contributed by atoms with Crippen molar-refractivity contribution in [1.82, 2.24) is 9.71 Å². The van der Waals surface area contributed by atoms with Crippen molar-refractivity contribution in [2.75, 3.05) is 5.73 Å². The van der Waals surface area contributed by atoms with Gasteiger partial charge in [0.1, 0.15) is 5.82 Å². The summed E-state index contributed by atoms with van der Waals surface area (Å²) in [6, 6.07) is 8.78. The van der Waals surface area contributed by atoms with Crippen molar-refractivity contribution in [2.24, 2.45) is 5.92 Å². The number of hydrogen-bond acceptors (Lipinski definition) is 3. The number of aromatic nitrogens is 1. The highest BCUT2D eigenvalue weighted by Gasteiger charge is 2.40. The van der Waals surface area contributed by atoms with Crippen LogP contribution in [0.2, 0.25) is 0 Å². The van der Waals surface area contributed by atoms with E-state index in [9.17, 15) is 8.60 Å². The fraction of sp³-hybridized carbons (Fsp3) is 0.500. The van der Waals surface area contributed by atoms with Crippen LogP contribution in [0.3, 0.4) is 0 Å². The Balaban J connectivity index is 2.16. The number of aryl methyl sites for hydroxylation is 1. The molecule has 1 aromatic heterocycles. The second-order valence-corrected chi connectivity index (χ2v) is 10.8. The highest BCUT2D eigenvalue weighted by atomic mass is 32.2. The number of nitrogens with two attached hydrogens (primary N) is 1. The molecule has 0 aliphatic heterocycles. The number of halogens is 1. The lowest BCUT2D eigenvalue weighted by atomic mass is 9.79. The molecule has 1 heterocycles. The minimum absolute atomic E-state index is 0.0995. The molecule has 1 aromatic carbocycles. The minimum atomic E-state index is -1.33. The summed E-state index contributed by atoms with van der Waals surface area (Å²) in [6.07, 6.45) is 6.00. The summed E-state index contributed by atoms with van der Waals surface area (Å²) < 4.78 is 30.1. The van der Waals surface area contributed by atoms with Crippen molar-refractivity contribution in [3.63, 3.8) is 0 Å². The molecule has 1 fully saturated rings. The third-order valence-corrected chi connectivity index (χ3v) is 6.97. The van der Waals surface area contributed by atoms with Crippen LogP contribution in [-0.2, 0) is 16.5 Å². The summed E-state index contributed by atoms with van der Waals surface area (Å²) in [7, 11) is -1.33. The summed E-state index contributed by atoms with van der Waals surface area (Å²) in [5, 5.41) is 0. The van der Waals surface area contributed by atoms with Crippen LogP contribution in [0.1, 0.15) is 63.3 Å². The average molecular weight is 404 g/mol. The van der Waals surface area contributed by atoms with Crippen LogP contribution in [0.15, 0.2) is 36.5 Å². The lowest BCUT2D eigenvalue weighted by molar-refractivity contribution is 0.414. The molecule has 0 saturated heterocycles. The first-order valence-electron chi connectivity index (χ1n) is 9.80. The number of pyridine rings is 1. The maximum absolute atomic E-state index is 13.9. The van der Waals surface area contributed by atoms with Gasteiger partial charge < -0.3 is 5.73 Å². The summed E-state index contributed by atoms with van der Waals surface area (Å²) in [5.74, 6) is 0.257. The van der Waals surface area contributed by atoms with E-state index in [-0.39, 0.29) is 5.69 Å². The second kappa shape index (κ2) is 7.91. The van der Waals surface area contributed by atoms with Crippen molar-refractivity contribution in [3.05, 3.63) is 59.2 Å². The lowest BCUT2D eigenvalue weighted by Crippen LogP contribution is -2.49. The van der Waals surface area contributed by atoms with Gasteiger partial charge in [0.05, 0.1) is 27.0 Å². The van der Waals surface area contributed by atoms with Gasteiger partial charge in [-0.15, -0.1) is 0 Å². The maximum atomic E-state index is 13.9. The Kier molecular flexibility index (Phi) is 5.92. The molecule has 28 heavy (non-hydrogen) atoms. The van der Waals surface area contributed by atoms with Gasteiger partial charge in [-0.1, -0.05) is 18.9 Å². The van der Waals surface area contributed by atoms with Gasteiger partial charge in [0.25, 0.3) is 0 Å². The molecule has 1 aliphatic rings. The highest BCUT2D eigenvalue weighted by molar-refractivity contribution is 7.84. The third-order valence-electron chi connectivity index (χ3n) is 5.33. The van der Waals surface area contributed by atoms with Gasteiger partial charge in [-0.3, -0.25) is 4.98 Å². The van der Waals surface area contributed by atoms with Crippen molar-refractivity contribution in [3.8, 4) is 0 Å². The fourth-order valence-electron chi connectivity index (χ4n) is 3.38. The zero-order valence-corrected chi connectivity index (χ0v) is 17.9. The quantitative estimate of drug-likeness (QED) is 0.664. The number of hydrogen-bond donors (Lipinski definition) is 2. The van der Waals surface area contributed by atoms with Gasteiger partial charge in [0.2, 0.25) is 0 Å². The Bertz CT molecular complexity index is 876. The van der Waals surface area contributed by atoms with Gasteiger partial charge in [-0.2, -0.15) is 0 Å². The number of anilines is 1. The average Bonchev–Trinajstić information content (AvgIpc) is 3.44. The molecule has 3 N–H and O–H groups in total. The molecule has 4 nitrogen and oxygen atoms in total. The Hall–Kier alpha value is -1.79. The van der Waals surface area contributed by atoms with Crippen LogP contribution in [0.5, 0.6) is 0 Å². The zero-order valence-electron chi connectivity index (χ0n) is 17.1. The van der Waals surface area contributed by atoms with Crippen molar-refractivity contribution in [2.45, 2.75) is 63.7 Å². The molecular weight excluding hydrogens is 373 g/mol. The molecule has 3 rings (SSSR count). The largest absolute Gasteiger partial charge is 0.396 e. The van der Waals surface area contributed by atoms with Crippen molar-refractivity contribution >= 4 is 16.7 Å². The highest BCUT2D eigenvalue weighted by Crippen LogP contribution is 2.42. The predicted octanol–water partition coefficient (Wildman–Crippen LogP) is 4.60. The Morgan fingerprint density at radius 3 is 2.46 bits per heavy atom. The number of nitrogen functional groups attached to an aromatic ring is 1. The normalized spacial score (nSPS) is 17.9. The van der Waals surface area contributed by atoms with E-state index in [4.69, 9.17) is 5.73 Å². The van der Waals surface area contributed by atoms with Crippen LogP contribution in [-0.4, -0.2) is 13.9 Å². The molecule has 0 bridgehead atoms. The van der Waals surface area contributed by atoms with E-state index < -0.39 is 27.1 Å². The summed E-state index contributed by atoms with van der Waals surface area (Å²) in [6.45, 7) is 7.77. The molecule has 0 spiro atoms. The predicted molar refractivity (Wildman–Crippen MR) is 114 cm³/mol. The smallest absolute Gasteiger partial charge is 0.146 e. The van der Waals surface area contributed by atoms with Gasteiger partial charge in [-0.25, -0.2) is 13.3 Å². The molecule has 1 aliphatic carbocycles. The SMILES string of the molecule is Cc1cc([C@](CCC2CC2)(NS(=O)C(C)(C)C)c2ccc(F)c(N)c2)ccn1. The van der Waals surface area contributed by atoms with E-state index in [2.05, 4.69) is 9.71 Å². The molecule has 152 valence electrons. The van der Waals surface area contributed by atoms with Crippen LogP contribution in [0, 0.1) is 18.7 Å². The van der Waals surface area contributed by atoms with Crippen molar-refractivity contribution < 1.29 is 8.60 Å².